The summed E-state index contributed by atoms with van der Waals surface area (Å²) in [6.45, 7) is 0. The van der Waals surface area contributed by atoms with Crippen molar-refractivity contribution in [2.75, 3.05) is 12.4 Å². The molecule has 2 N–H and O–H groups in total. The second-order valence-electron chi connectivity index (χ2n) is 6.44. The number of ether oxygens (including phenoxy) is 1. The fourth-order valence-electron chi connectivity index (χ4n) is 3.22. The molecule has 2 heterocycles. The smallest absolute Gasteiger partial charge is 0.162 e. The van der Waals surface area contributed by atoms with Crippen molar-refractivity contribution in [3.8, 4) is 17.1 Å². The number of nitrogens with one attached hydrogen (secondary N) is 2. The molecule has 0 spiro atoms. The molecule has 0 bridgehead atoms. The Labute approximate surface area is 161 Å². The molecule has 5 rings (SSSR count). The summed E-state index contributed by atoms with van der Waals surface area (Å²) in [5, 5.41) is 12.5. The van der Waals surface area contributed by atoms with Crippen LogP contribution in [0.1, 0.15) is 0 Å². The van der Waals surface area contributed by atoms with Gasteiger partial charge in [-0.25, -0.2) is 9.97 Å². The van der Waals surface area contributed by atoms with Crippen LogP contribution in [0.3, 0.4) is 0 Å². The van der Waals surface area contributed by atoms with Crippen molar-refractivity contribution in [3.05, 3.63) is 72.9 Å². The van der Waals surface area contributed by atoms with E-state index in [4.69, 9.17) is 14.7 Å². The number of H-pyrrole nitrogens is 1. The van der Waals surface area contributed by atoms with Gasteiger partial charge >= 0.3 is 0 Å². The van der Waals surface area contributed by atoms with Crippen LogP contribution in [0.4, 0.5) is 11.5 Å². The number of hydrogen-bond acceptors (Lipinski definition) is 5. The molecular formula is C22H17N5O. The Morgan fingerprint density at radius 2 is 1.86 bits per heavy atom. The van der Waals surface area contributed by atoms with E-state index in [2.05, 4.69) is 15.5 Å². The average Bonchev–Trinajstić information content (AvgIpc) is 3.21. The van der Waals surface area contributed by atoms with Gasteiger partial charge in [-0.05, 0) is 42.5 Å². The predicted octanol–water partition coefficient (Wildman–Crippen LogP) is 4.93. The lowest BCUT2D eigenvalue weighted by Gasteiger charge is -2.11. The van der Waals surface area contributed by atoms with Gasteiger partial charge in [0.1, 0.15) is 11.6 Å². The third kappa shape index (κ3) is 2.91. The van der Waals surface area contributed by atoms with Gasteiger partial charge in [-0.1, -0.05) is 24.3 Å². The van der Waals surface area contributed by atoms with Crippen LogP contribution in [0.5, 0.6) is 5.75 Å². The van der Waals surface area contributed by atoms with Crippen LogP contribution < -0.4 is 10.1 Å². The number of fused-ring (bicyclic) bond motifs is 2. The molecule has 5 aromatic rings. The third-order valence-electron chi connectivity index (χ3n) is 4.63. The molecule has 0 fully saturated rings. The predicted molar refractivity (Wildman–Crippen MR) is 111 cm³/mol. The van der Waals surface area contributed by atoms with Gasteiger partial charge in [0.2, 0.25) is 0 Å². The molecule has 6 nitrogen and oxygen atoms in total. The molecule has 3 aromatic carbocycles. The molecule has 0 saturated heterocycles. The number of nitrogens with zero attached hydrogens (tertiary/aromatic N) is 3. The van der Waals surface area contributed by atoms with Crippen LogP contribution in [-0.4, -0.2) is 27.3 Å². The maximum atomic E-state index is 5.34. The zero-order valence-electron chi connectivity index (χ0n) is 15.2. The van der Waals surface area contributed by atoms with Gasteiger partial charge in [-0.2, -0.15) is 5.10 Å². The average molecular weight is 367 g/mol. The van der Waals surface area contributed by atoms with Gasteiger partial charge in [0.05, 0.1) is 24.3 Å². The van der Waals surface area contributed by atoms with Crippen molar-refractivity contribution in [1.29, 1.82) is 0 Å². The third-order valence-corrected chi connectivity index (χ3v) is 4.63. The minimum absolute atomic E-state index is 0.643. The van der Waals surface area contributed by atoms with E-state index in [1.165, 1.54) is 0 Å². The van der Waals surface area contributed by atoms with Gasteiger partial charge in [0, 0.05) is 22.0 Å². The van der Waals surface area contributed by atoms with Crippen molar-refractivity contribution in [1.82, 2.24) is 20.2 Å². The van der Waals surface area contributed by atoms with Crippen molar-refractivity contribution >= 4 is 33.3 Å². The number of methoxy groups -OCH3 is 1. The minimum atomic E-state index is 0.643. The van der Waals surface area contributed by atoms with Gasteiger partial charge in [-0.3, -0.25) is 5.10 Å². The summed E-state index contributed by atoms with van der Waals surface area (Å²) in [5.74, 6) is 2.17. The van der Waals surface area contributed by atoms with Crippen LogP contribution in [0.15, 0.2) is 72.9 Å². The van der Waals surface area contributed by atoms with E-state index in [9.17, 15) is 0 Å². The first kappa shape index (κ1) is 16.3. The topological polar surface area (TPSA) is 75.7 Å². The molecule has 28 heavy (non-hydrogen) atoms. The lowest BCUT2D eigenvalue weighted by Crippen LogP contribution is -1.99. The molecule has 0 radical (unpaired) electrons. The van der Waals surface area contributed by atoms with Crippen LogP contribution in [0.25, 0.3) is 33.2 Å². The number of hydrogen-bond donors (Lipinski definition) is 2. The second kappa shape index (κ2) is 6.66. The van der Waals surface area contributed by atoms with Crippen LogP contribution in [0.2, 0.25) is 0 Å². The van der Waals surface area contributed by atoms with Crippen molar-refractivity contribution < 1.29 is 4.74 Å². The molecule has 0 aliphatic rings. The SMILES string of the molecule is COc1cccc(-c2nc(Nc3ccc4[nH]ncc4c3)c3ccccc3n2)c1. The molecule has 0 unspecified atom stereocenters. The van der Waals surface area contributed by atoms with Gasteiger partial charge in [0.15, 0.2) is 5.82 Å². The fourth-order valence-corrected chi connectivity index (χ4v) is 3.22. The molecular weight excluding hydrogens is 350 g/mol. The Kier molecular flexibility index (Phi) is 3.87. The minimum Gasteiger partial charge on any atom is -0.497 e. The summed E-state index contributed by atoms with van der Waals surface area (Å²) in [4.78, 5) is 9.55. The lowest BCUT2D eigenvalue weighted by molar-refractivity contribution is 0.415. The Bertz CT molecular complexity index is 1290. The molecule has 0 atom stereocenters. The number of rotatable bonds is 4. The summed E-state index contributed by atoms with van der Waals surface area (Å²) in [6.07, 6.45) is 1.81. The van der Waals surface area contributed by atoms with Crippen molar-refractivity contribution in [2.45, 2.75) is 0 Å². The number of benzene rings is 3. The molecule has 0 saturated carbocycles. The summed E-state index contributed by atoms with van der Waals surface area (Å²) in [5.41, 5.74) is 3.71. The van der Waals surface area contributed by atoms with Crippen molar-refractivity contribution in [3.63, 3.8) is 0 Å². The Balaban J connectivity index is 1.63. The zero-order chi connectivity index (χ0) is 18.9. The zero-order valence-corrected chi connectivity index (χ0v) is 15.2. The van der Waals surface area contributed by atoms with E-state index in [0.717, 1.165) is 44.6 Å². The van der Waals surface area contributed by atoms with E-state index in [-0.39, 0.29) is 0 Å². The first-order valence-corrected chi connectivity index (χ1v) is 8.91. The van der Waals surface area contributed by atoms with E-state index >= 15 is 0 Å². The Morgan fingerprint density at radius 3 is 2.79 bits per heavy atom. The Hall–Kier alpha value is -3.93. The van der Waals surface area contributed by atoms with E-state index in [0.29, 0.717) is 5.82 Å². The fraction of sp³-hybridized carbons (Fsp3) is 0.0455. The first-order chi connectivity index (χ1) is 13.8. The molecule has 2 aromatic heterocycles. The highest BCUT2D eigenvalue weighted by atomic mass is 16.5. The largest absolute Gasteiger partial charge is 0.497 e. The van der Waals surface area contributed by atoms with E-state index in [1.807, 2.05) is 66.7 Å². The normalized spacial score (nSPS) is 11.0. The monoisotopic (exact) mass is 367 g/mol. The highest BCUT2D eigenvalue weighted by molar-refractivity contribution is 5.93. The number of aromatic amines is 1. The maximum absolute atomic E-state index is 5.34. The number of para-hydroxylation sites is 1. The van der Waals surface area contributed by atoms with Crippen LogP contribution >= 0.6 is 0 Å². The molecule has 0 aliphatic carbocycles. The standard InChI is InChI=1S/C22H17N5O/c1-28-17-6-4-5-14(12-17)21-25-20-8-3-2-7-18(20)22(26-21)24-16-9-10-19-15(11-16)13-23-27-19/h2-13H,1H3,(H,23,27)(H,24,25,26). The number of anilines is 2. The van der Waals surface area contributed by atoms with E-state index < -0.39 is 0 Å². The molecule has 0 amide bonds. The van der Waals surface area contributed by atoms with Gasteiger partial charge < -0.3 is 10.1 Å². The summed E-state index contributed by atoms with van der Waals surface area (Å²) in [6, 6.07) is 21.8. The van der Waals surface area contributed by atoms with Crippen LogP contribution in [0, 0.1) is 0 Å². The van der Waals surface area contributed by atoms with Crippen LogP contribution in [-0.2, 0) is 0 Å². The molecule has 0 aliphatic heterocycles. The van der Waals surface area contributed by atoms with Crippen molar-refractivity contribution in [2.24, 2.45) is 0 Å². The second-order valence-corrected chi connectivity index (χ2v) is 6.44. The quantitative estimate of drug-likeness (QED) is 0.471. The number of aromatic nitrogens is 4. The summed E-state index contributed by atoms with van der Waals surface area (Å²) < 4.78 is 5.34. The molecule has 6 heteroatoms. The van der Waals surface area contributed by atoms with Gasteiger partial charge in [-0.15, -0.1) is 0 Å². The maximum Gasteiger partial charge on any atom is 0.162 e. The van der Waals surface area contributed by atoms with Gasteiger partial charge in [0.25, 0.3) is 0 Å². The highest BCUT2D eigenvalue weighted by Gasteiger charge is 2.11. The summed E-state index contributed by atoms with van der Waals surface area (Å²) >= 11 is 0. The first-order valence-electron chi connectivity index (χ1n) is 8.91. The lowest BCUT2D eigenvalue weighted by atomic mass is 10.1. The molecule has 136 valence electrons. The summed E-state index contributed by atoms with van der Waals surface area (Å²) in [7, 11) is 1.65. The highest BCUT2D eigenvalue weighted by Crippen LogP contribution is 2.29. The Morgan fingerprint density at radius 1 is 0.929 bits per heavy atom. The van der Waals surface area contributed by atoms with E-state index in [1.54, 1.807) is 13.3 Å².